The number of ether oxygens (including phenoxy) is 1. The summed E-state index contributed by atoms with van der Waals surface area (Å²) in [7, 11) is 1.77. The van der Waals surface area contributed by atoms with Gasteiger partial charge in [0, 0.05) is 30.2 Å². The Balaban J connectivity index is 2.22. The molecule has 1 aliphatic rings. The molecule has 104 valence electrons. The Labute approximate surface area is 119 Å². The van der Waals surface area contributed by atoms with Crippen molar-refractivity contribution in [3.05, 3.63) is 23.0 Å². The van der Waals surface area contributed by atoms with Gasteiger partial charge in [0.15, 0.2) is 0 Å². The summed E-state index contributed by atoms with van der Waals surface area (Å²) >= 11 is 5.14. The van der Waals surface area contributed by atoms with Crippen molar-refractivity contribution in [2.24, 2.45) is 5.73 Å². The van der Waals surface area contributed by atoms with Crippen LogP contribution in [-0.4, -0.2) is 29.2 Å². The maximum Gasteiger partial charge on any atom is 0.107 e. The van der Waals surface area contributed by atoms with Gasteiger partial charge in [-0.3, -0.25) is 4.98 Å². The van der Waals surface area contributed by atoms with E-state index >= 15 is 0 Å². The molecule has 1 saturated carbocycles. The van der Waals surface area contributed by atoms with Crippen LogP contribution in [0, 0.1) is 13.8 Å². The fourth-order valence-electron chi connectivity index (χ4n) is 2.76. The van der Waals surface area contributed by atoms with Crippen molar-refractivity contribution < 1.29 is 4.74 Å². The van der Waals surface area contributed by atoms with Gasteiger partial charge in [0.25, 0.3) is 0 Å². The minimum atomic E-state index is 0.356. The molecule has 0 bridgehead atoms. The van der Waals surface area contributed by atoms with Crippen molar-refractivity contribution in [1.82, 2.24) is 4.98 Å². The molecule has 1 aromatic rings. The van der Waals surface area contributed by atoms with Crippen LogP contribution < -0.4 is 11.1 Å². The van der Waals surface area contributed by atoms with Gasteiger partial charge in [-0.1, -0.05) is 12.2 Å². The zero-order valence-electron chi connectivity index (χ0n) is 11.7. The predicted molar refractivity (Wildman–Crippen MR) is 81.7 cm³/mol. The number of nitrogens with zero attached hydrogens (tertiary/aromatic N) is 1. The average Bonchev–Trinajstić information content (AvgIpc) is 2.75. The van der Waals surface area contributed by atoms with Gasteiger partial charge in [0.2, 0.25) is 0 Å². The number of hydrogen-bond donors (Lipinski definition) is 2. The maximum atomic E-state index is 5.82. The number of aromatic nitrogens is 1. The summed E-state index contributed by atoms with van der Waals surface area (Å²) < 4.78 is 5.40. The standard InChI is InChI=1S/C14H21N3OS/c1-8-6-12(13(14(15)19)9(2)16-8)17-10-4-5-11(7-10)18-3/h6,10-11H,4-5,7H2,1-3H3,(H2,15,19)(H,16,17). The second kappa shape index (κ2) is 5.84. The molecule has 3 N–H and O–H groups in total. The third kappa shape index (κ3) is 3.22. The summed E-state index contributed by atoms with van der Waals surface area (Å²) in [4.78, 5) is 4.83. The van der Waals surface area contributed by atoms with Gasteiger partial charge in [0.05, 0.1) is 11.7 Å². The van der Waals surface area contributed by atoms with Crippen LogP contribution in [0.3, 0.4) is 0 Å². The van der Waals surface area contributed by atoms with Crippen molar-refractivity contribution in [2.75, 3.05) is 12.4 Å². The first-order valence-electron chi connectivity index (χ1n) is 6.58. The van der Waals surface area contributed by atoms with E-state index in [0.717, 1.165) is 41.9 Å². The third-order valence-corrected chi connectivity index (χ3v) is 3.86. The largest absolute Gasteiger partial charge is 0.389 e. The summed E-state index contributed by atoms with van der Waals surface area (Å²) in [5, 5.41) is 3.55. The lowest BCUT2D eigenvalue weighted by Crippen LogP contribution is -2.22. The highest BCUT2D eigenvalue weighted by atomic mass is 32.1. The van der Waals surface area contributed by atoms with Crippen molar-refractivity contribution in [3.63, 3.8) is 0 Å². The molecule has 2 unspecified atom stereocenters. The summed E-state index contributed by atoms with van der Waals surface area (Å²) in [5.74, 6) is 0. The number of aryl methyl sites for hydroxylation is 2. The Morgan fingerprint density at radius 2 is 2.21 bits per heavy atom. The Bertz CT molecular complexity index is 490. The molecular formula is C14H21N3OS. The lowest BCUT2D eigenvalue weighted by Gasteiger charge is -2.19. The van der Waals surface area contributed by atoms with Crippen molar-refractivity contribution in [1.29, 1.82) is 0 Å². The molecular weight excluding hydrogens is 258 g/mol. The fraction of sp³-hybridized carbons (Fsp3) is 0.571. The molecule has 0 aliphatic heterocycles. The highest BCUT2D eigenvalue weighted by Gasteiger charge is 2.25. The summed E-state index contributed by atoms with van der Waals surface area (Å²) in [6, 6.07) is 2.43. The van der Waals surface area contributed by atoms with Crippen LogP contribution in [0.25, 0.3) is 0 Å². The van der Waals surface area contributed by atoms with Crippen LogP contribution in [0.2, 0.25) is 0 Å². The van der Waals surface area contributed by atoms with Gasteiger partial charge in [-0.2, -0.15) is 0 Å². The minimum Gasteiger partial charge on any atom is -0.389 e. The SMILES string of the molecule is COC1CCC(Nc2cc(C)nc(C)c2C(N)=S)C1. The third-order valence-electron chi connectivity index (χ3n) is 3.65. The van der Waals surface area contributed by atoms with Gasteiger partial charge in [-0.15, -0.1) is 0 Å². The fourth-order valence-corrected chi connectivity index (χ4v) is 3.02. The van der Waals surface area contributed by atoms with Gasteiger partial charge in [-0.05, 0) is 39.2 Å². The van der Waals surface area contributed by atoms with E-state index in [1.54, 1.807) is 7.11 Å². The van der Waals surface area contributed by atoms with Gasteiger partial charge < -0.3 is 15.8 Å². The number of methoxy groups -OCH3 is 1. The van der Waals surface area contributed by atoms with Crippen LogP contribution in [-0.2, 0) is 4.74 Å². The van der Waals surface area contributed by atoms with E-state index in [9.17, 15) is 0 Å². The smallest absolute Gasteiger partial charge is 0.107 e. The molecule has 2 rings (SSSR count). The number of nitrogens with two attached hydrogens (primary N) is 1. The molecule has 0 spiro atoms. The number of pyridine rings is 1. The molecule has 4 nitrogen and oxygen atoms in total. The molecule has 1 heterocycles. The summed E-state index contributed by atoms with van der Waals surface area (Å²) in [6.45, 7) is 3.92. The minimum absolute atomic E-state index is 0.356. The molecule has 0 saturated heterocycles. The van der Waals surface area contributed by atoms with E-state index in [4.69, 9.17) is 22.7 Å². The number of nitrogens with one attached hydrogen (secondary N) is 1. The molecule has 0 aromatic carbocycles. The van der Waals surface area contributed by atoms with Crippen LogP contribution in [0.4, 0.5) is 5.69 Å². The first kappa shape index (κ1) is 14.2. The van der Waals surface area contributed by atoms with E-state index in [0.29, 0.717) is 17.1 Å². The van der Waals surface area contributed by atoms with Crippen LogP contribution >= 0.6 is 12.2 Å². The number of anilines is 1. The lowest BCUT2D eigenvalue weighted by atomic mass is 10.1. The number of rotatable bonds is 4. The molecule has 2 atom stereocenters. The van der Waals surface area contributed by atoms with Crippen LogP contribution in [0.1, 0.15) is 36.2 Å². The van der Waals surface area contributed by atoms with E-state index in [2.05, 4.69) is 10.3 Å². The molecule has 19 heavy (non-hydrogen) atoms. The maximum absolute atomic E-state index is 5.82. The predicted octanol–water partition coefficient (Wildman–Crippen LogP) is 2.31. The molecule has 0 amide bonds. The first-order chi connectivity index (χ1) is 9.01. The van der Waals surface area contributed by atoms with Crippen molar-refractivity contribution >= 4 is 22.9 Å². The molecule has 1 aromatic heterocycles. The van der Waals surface area contributed by atoms with Gasteiger partial charge in [-0.25, -0.2) is 0 Å². The Morgan fingerprint density at radius 3 is 2.79 bits per heavy atom. The molecule has 1 aliphatic carbocycles. The molecule has 5 heteroatoms. The topological polar surface area (TPSA) is 60.2 Å². The Kier molecular flexibility index (Phi) is 4.37. The average molecular weight is 279 g/mol. The van der Waals surface area contributed by atoms with Crippen LogP contribution in [0.15, 0.2) is 6.07 Å². The number of hydrogen-bond acceptors (Lipinski definition) is 4. The summed E-state index contributed by atoms with van der Waals surface area (Å²) in [5.41, 5.74) is 9.54. The highest BCUT2D eigenvalue weighted by Crippen LogP contribution is 2.27. The van der Waals surface area contributed by atoms with Gasteiger partial charge in [0.1, 0.15) is 4.99 Å². The lowest BCUT2D eigenvalue weighted by molar-refractivity contribution is 0.108. The quantitative estimate of drug-likeness (QED) is 0.828. The highest BCUT2D eigenvalue weighted by molar-refractivity contribution is 7.80. The van der Waals surface area contributed by atoms with E-state index in [-0.39, 0.29) is 0 Å². The molecule has 1 fully saturated rings. The van der Waals surface area contributed by atoms with E-state index in [1.165, 1.54) is 0 Å². The normalized spacial score (nSPS) is 22.5. The number of thiocarbonyl (C=S) groups is 1. The van der Waals surface area contributed by atoms with Crippen LogP contribution in [0.5, 0.6) is 0 Å². The first-order valence-corrected chi connectivity index (χ1v) is 6.99. The van der Waals surface area contributed by atoms with E-state index < -0.39 is 0 Å². The van der Waals surface area contributed by atoms with E-state index in [1.807, 2.05) is 19.9 Å². The second-order valence-corrected chi connectivity index (χ2v) is 5.59. The van der Waals surface area contributed by atoms with Gasteiger partial charge >= 0.3 is 0 Å². The zero-order chi connectivity index (χ0) is 14.0. The monoisotopic (exact) mass is 279 g/mol. The van der Waals surface area contributed by atoms with Crippen molar-refractivity contribution in [3.8, 4) is 0 Å². The zero-order valence-corrected chi connectivity index (χ0v) is 12.5. The molecule has 0 radical (unpaired) electrons. The summed E-state index contributed by atoms with van der Waals surface area (Å²) in [6.07, 6.45) is 3.58. The Morgan fingerprint density at radius 1 is 1.47 bits per heavy atom. The Hall–Kier alpha value is -1.20. The van der Waals surface area contributed by atoms with Crippen molar-refractivity contribution in [2.45, 2.75) is 45.3 Å². The second-order valence-electron chi connectivity index (χ2n) is 5.15.